The van der Waals surface area contributed by atoms with Gasteiger partial charge in [-0.1, -0.05) is 54.6 Å². The van der Waals surface area contributed by atoms with Crippen LogP contribution in [0.1, 0.15) is 20.7 Å². The second kappa shape index (κ2) is 7.80. The maximum absolute atomic E-state index is 12.7. The fourth-order valence-corrected chi connectivity index (χ4v) is 3.49. The summed E-state index contributed by atoms with van der Waals surface area (Å²) in [5.74, 6) is 0.471. The van der Waals surface area contributed by atoms with Crippen molar-refractivity contribution in [2.24, 2.45) is 0 Å². The molecule has 4 aromatic rings. The van der Waals surface area contributed by atoms with Crippen molar-refractivity contribution in [3.8, 4) is 22.6 Å². The molecule has 0 fully saturated rings. The van der Waals surface area contributed by atoms with E-state index in [4.69, 9.17) is 4.74 Å². The molecule has 4 aromatic carbocycles. The Bertz CT molecular complexity index is 1280. The predicted octanol–water partition coefficient (Wildman–Crippen LogP) is 5.96. The van der Waals surface area contributed by atoms with E-state index in [-0.39, 0.29) is 11.8 Å². The van der Waals surface area contributed by atoms with E-state index < -0.39 is 0 Å². The van der Waals surface area contributed by atoms with Crippen LogP contribution in [0, 0.1) is 0 Å². The summed E-state index contributed by atoms with van der Waals surface area (Å²) >= 11 is 0. The molecule has 0 atom stereocenters. The molecule has 1 aliphatic rings. The highest BCUT2D eigenvalue weighted by Gasteiger charge is 2.21. The molecule has 2 N–H and O–H groups in total. The summed E-state index contributed by atoms with van der Waals surface area (Å²) in [5.41, 5.74) is 4.13. The van der Waals surface area contributed by atoms with E-state index in [1.54, 1.807) is 42.5 Å². The topological polar surface area (TPSA) is 67.4 Å². The molecule has 0 spiro atoms. The highest BCUT2D eigenvalue weighted by Crippen LogP contribution is 2.36. The zero-order valence-corrected chi connectivity index (χ0v) is 16.5. The van der Waals surface area contributed by atoms with Gasteiger partial charge in [0.1, 0.15) is 5.75 Å². The van der Waals surface area contributed by atoms with Gasteiger partial charge in [-0.15, -0.1) is 0 Å². The minimum Gasteiger partial charge on any atom is -0.454 e. The lowest BCUT2D eigenvalue weighted by molar-refractivity contribution is 0.101. The number of para-hydroxylation sites is 2. The van der Waals surface area contributed by atoms with Gasteiger partial charge in [-0.3, -0.25) is 9.59 Å². The molecule has 5 heteroatoms. The molecule has 31 heavy (non-hydrogen) atoms. The third-order valence-electron chi connectivity index (χ3n) is 5.09. The van der Waals surface area contributed by atoms with Crippen molar-refractivity contribution in [2.75, 3.05) is 10.6 Å². The maximum Gasteiger partial charge on any atom is 0.259 e. The normalized spacial score (nSPS) is 11.9. The highest BCUT2D eigenvalue weighted by atomic mass is 16.5. The lowest BCUT2D eigenvalue weighted by atomic mass is 10.0. The molecule has 2 amide bonds. The summed E-state index contributed by atoms with van der Waals surface area (Å²) in [6.45, 7) is 0. The summed E-state index contributed by atoms with van der Waals surface area (Å²) in [7, 11) is 0. The summed E-state index contributed by atoms with van der Waals surface area (Å²) in [4.78, 5) is 25.4. The number of rotatable bonds is 3. The van der Waals surface area contributed by atoms with E-state index in [0.717, 1.165) is 11.1 Å². The van der Waals surface area contributed by atoms with Gasteiger partial charge in [-0.25, -0.2) is 0 Å². The van der Waals surface area contributed by atoms with Gasteiger partial charge >= 0.3 is 0 Å². The van der Waals surface area contributed by atoms with Crippen LogP contribution in [0.3, 0.4) is 0 Å². The third-order valence-corrected chi connectivity index (χ3v) is 5.09. The SMILES string of the molecule is O=C(Nc1ccc2c(c1)C(=O)Nc1ccccc1O2)c1ccc(-c2ccccc2)cc1. The summed E-state index contributed by atoms with van der Waals surface area (Å²) < 4.78 is 5.88. The molecule has 150 valence electrons. The van der Waals surface area contributed by atoms with Crippen LogP contribution in [0.25, 0.3) is 11.1 Å². The van der Waals surface area contributed by atoms with Crippen LogP contribution in [0.5, 0.6) is 11.5 Å². The summed E-state index contributed by atoms with van der Waals surface area (Å²) in [6, 6.07) is 29.6. The first kappa shape index (κ1) is 18.6. The zero-order chi connectivity index (χ0) is 21.2. The molecule has 0 aromatic heterocycles. The monoisotopic (exact) mass is 406 g/mol. The Hall–Kier alpha value is -4.38. The van der Waals surface area contributed by atoms with Gasteiger partial charge in [0.25, 0.3) is 11.8 Å². The van der Waals surface area contributed by atoms with E-state index in [0.29, 0.717) is 34.0 Å². The molecule has 0 aliphatic carbocycles. The lowest BCUT2D eigenvalue weighted by Gasteiger charge is -2.10. The van der Waals surface area contributed by atoms with Crippen LogP contribution in [0.4, 0.5) is 11.4 Å². The molecule has 0 saturated carbocycles. The lowest BCUT2D eigenvalue weighted by Crippen LogP contribution is -2.14. The maximum atomic E-state index is 12.7. The smallest absolute Gasteiger partial charge is 0.259 e. The molecule has 0 bridgehead atoms. The predicted molar refractivity (Wildman–Crippen MR) is 121 cm³/mol. The Balaban J connectivity index is 1.36. The Morgan fingerprint density at radius 1 is 0.742 bits per heavy atom. The van der Waals surface area contributed by atoms with Gasteiger partial charge in [-0.05, 0) is 53.6 Å². The van der Waals surface area contributed by atoms with Crippen molar-refractivity contribution in [1.82, 2.24) is 0 Å². The van der Waals surface area contributed by atoms with Crippen molar-refractivity contribution in [2.45, 2.75) is 0 Å². The third kappa shape index (κ3) is 3.76. The van der Waals surface area contributed by atoms with Crippen molar-refractivity contribution >= 4 is 23.2 Å². The number of hydrogen-bond donors (Lipinski definition) is 2. The number of fused-ring (bicyclic) bond motifs is 2. The van der Waals surface area contributed by atoms with Crippen LogP contribution in [0.2, 0.25) is 0 Å². The first-order valence-electron chi connectivity index (χ1n) is 9.86. The van der Waals surface area contributed by atoms with Gasteiger partial charge in [-0.2, -0.15) is 0 Å². The Morgan fingerprint density at radius 3 is 2.26 bits per heavy atom. The van der Waals surface area contributed by atoms with Gasteiger partial charge in [0.2, 0.25) is 0 Å². The fourth-order valence-electron chi connectivity index (χ4n) is 3.49. The highest BCUT2D eigenvalue weighted by molar-refractivity contribution is 6.10. The number of amides is 2. The van der Waals surface area contributed by atoms with E-state index in [1.165, 1.54) is 0 Å². The number of anilines is 2. The molecule has 5 rings (SSSR count). The van der Waals surface area contributed by atoms with Crippen molar-refractivity contribution in [3.05, 3.63) is 108 Å². The molecule has 5 nitrogen and oxygen atoms in total. The van der Waals surface area contributed by atoms with E-state index in [1.807, 2.05) is 54.6 Å². The molecular weight excluding hydrogens is 388 g/mol. The second-order valence-electron chi connectivity index (χ2n) is 7.16. The van der Waals surface area contributed by atoms with Gasteiger partial charge in [0.15, 0.2) is 5.75 Å². The largest absolute Gasteiger partial charge is 0.454 e. The molecule has 0 unspecified atom stereocenters. The standard InChI is InChI=1S/C26H18N2O3/c29-25(19-12-10-18(11-13-19)17-6-2-1-3-7-17)27-20-14-15-23-21(16-20)26(30)28-22-8-4-5-9-24(22)31-23/h1-16H,(H,27,29)(H,28,30). The summed E-state index contributed by atoms with van der Waals surface area (Å²) in [5, 5.41) is 5.69. The quantitative estimate of drug-likeness (QED) is 0.441. The molecule has 1 aliphatic heterocycles. The van der Waals surface area contributed by atoms with Crippen LogP contribution >= 0.6 is 0 Å². The number of carbonyl (C=O) groups is 2. The van der Waals surface area contributed by atoms with Crippen molar-refractivity contribution < 1.29 is 14.3 Å². The van der Waals surface area contributed by atoms with Crippen LogP contribution in [-0.4, -0.2) is 11.8 Å². The van der Waals surface area contributed by atoms with Crippen LogP contribution in [0.15, 0.2) is 97.1 Å². The van der Waals surface area contributed by atoms with Crippen molar-refractivity contribution in [1.29, 1.82) is 0 Å². The van der Waals surface area contributed by atoms with Gasteiger partial charge < -0.3 is 15.4 Å². The number of ether oxygens (including phenoxy) is 1. The number of carbonyl (C=O) groups excluding carboxylic acids is 2. The minimum atomic E-state index is -0.289. The zero-order valence-electron chi connectivity index (χ0n) is 16.5. The van der Waals surface area contributed by atoms with Gasteiger partial charge in [0.05, 0.1) is 11.3 Å². The first-order chi connectivity index (χ1) is 15.2. The average molecular weight is 406 g/mol. The Kier molecular flexibility index (Phi) is 4.69. The van der Waals surface area contributed by atoms with Crippen LogP contribution < -0.4 is 15.4 Å². The molecular formula is C26H18N2O3. The molecule has 0 saturated heterocycles. The first-order valence-corrected chi connectivity index (χ1v) is 9.86. The second-order valence-corrected chi connectivity index (χ2v) is 7.16. The van der Waals surface area contributed by atoms with Gasteiger partial charge in [0, 0.05) is 11.3 Å². The minimum absolute atomic E-state index is 0.252. The van der Waals surface area contributed by atoms with E-state index >= 15 is 0 Å². The number of benzene rings is 4. The number of hydrogen-bond acceptors (Lipinski definition) is 3. The average Bonchev–Trinajstić information content (AvgIpc) is 2.95. The molecule has 0 radical (unpaired) electrons. The van der Waals surface area contributed by atoms with Crippen LogP contribution in [-0.2, 0) is 0 Å². The fraction of sp³-hybridized carbons (Fsp3) is 0. The van der Waals surface area contributed by atoms with E-state index in [2.05, 4.69) is 10.6 Å². The number of nitrogens with one attached hydrogen (secondary N) is 2. The van der Waals surface area contributed by atoms with E-state index in [9.17, 15) is 9.59 Å². The molecule has 1 heterocycles. The van der Waals surface area contributed by atoms with Crippen molar-refractivity contribution in [3.63, 3.8) is 0 Å². The summed E-state index contributed by atoms with van der Waals surface area (Å²) in [6.07, 6.45) is 0. The Morgan fingerprint density at radius 2 is 1.45 bits per heavy atom. The Labute approximate surface area is 179 Å².